The molecule has 0 heterocycles. The van der Waals surface area contributed by atoms with Gasteiger partial charge in [0.25, 0.3) is 0 Å². The van der Waals surface area contributed by atoms with Gasteiger partial charge in [-0.2, -0.15) is 0 Å². The lowest BCUT2D eigenvalue weighted by Crippen LogP contribution is -2.10. The quantitative estimate of drug-likeness (QED) is 0.798. The first-order valence-electron chi connectivity index (χ1n) is 4.79. The van der Waals surface area contributed by atoms with Crippen molar-refractivity contribution in [3.63, 3.8) is 0 Å². The maximum atomic E-state index is 11.2. The van der Waals surface area contributed by atoms with Crippen LogP contribution in [0.4, 0.5) is 0 Å². The predicted molar refractivity (Wildman–Crippen MR) is 59.7 cm³/mol. The summed E-state index contributed by atoms with van der Waals surface area (Å²) in [5.74, 6) is -0.510. The number of hydrogen-bond donors (Lipinski definition) is 1. The van der Waals surface area contributed by atoms with Crippen LogP contribution in [-0.2, 0) is 14.6 Å². The molecule has 0 amide bonds. The first kappa shape index (κ1) is 12.9. The molecule has 0 radical (unpaired) electrons. The summed E-state index contributed by atoms with van der Waals surface area (Å²) < 4.78 is 22.4. The maximum absolute atomic E-state index is 11.2. The fraction of sp³-hybridized carbons (Fsp3) is 0.364. The summed E-state index contributed by atoms with van der Waals surface area (Å²) in [6, 6.07) is 5.87. The summed E-state index contributed by atoms with van der Waals surface area (Å²) in [5.41, 5.74) is 0.534. The number of aldehydes is 1. The standard InChI is InChI=1S/C11H14O4S/c1-8(7-12)11(13)9-3-5-10(6-4-9)16(2,14)15/h3-8,11,13H,1-2H3. The van der Waals surface area contributed by atoms with Crippen LogP contribution in [0, 0.1) is 5.92 Å². The third kappa shape index (κ3) is 2.90. The molecule has 0 fully saturated rings. The topological polar surface area (TPSA) is 71.4 Å². The van der Waals surface area contributed by atoms with Gasteiger partial charge in [-0.15, -0.1) is 0 Å². The Kier molecular flexibility index (Phi) is 3.83. The largest absolute Gasteiger partial charge is 0.388 e. The average Bonchev–Trinajstić information content (AvgIpc) is 2.26. The smallest absolute Gasteiger partial charge is 0.175 e. The number of aliphatic hydroxyl groups is 1. The molecule has 0 spiro atoms. The van der Waals surface area contributed by atoms with E-state index < -0.39 is 21.9 Å². The van der Waals surface area contributed by atoms with Gasteiger partial charge in [0.1, 0.15) is 6.29 Å². The molecule has 2 unspecified atom stereocenters. The van der Waals surface area contributed by atoms with Crippen LogP contribution in [0.5, 0.6) is 0 Å². The Morgan fingerprint density at radius 1 is 1.25 bits per heavy atom. The van der Waals surface area contributed by atoms with Crippen LogP contribution in [-0.4, -0.2) is 26.1 Å². The molecule has 2 atom stereocenters. The van der Waals surface area contributed by atoms with E-state index in [4.69, 9.17) is 0 Å². The zero-order valence-corrected chi connectivity index (χ0v) is 9.94. The van der Waals surface area contributed by atoms with Gasteiger partial charge in [0.05, 0.1) is 11.0 Å². The van der Waals surface area contributed by atoms with Crippen LogP contribution in [0.15, 0.2) is 29.2 Å². The number of rotatable bonds is 4. The van der Waals surface area contributed by atoms with Crippen LogP contribution >= 0.6 is 0 Å². The number of carbonyl (C=O) groups is 1. The van der Waals surface area contributed by atoms with Gasteiger partial charge < -0.3 is 9.90 Å². The molecule has 1 aromatic carbocycles. The number of carbonyl (C=O) groups excluding carboxylic acids is 1. The Labute approximate surface area is 94.8 Å². The Hall–Kier alpha value is -1.20. The number of aliphatic hydroxyl groups excluding tert-OH is 1. The zero-order chi connectivity index (χ0) is 12.3. The second-order valence-electron chi connectivity index (χ2n) is 3.78. The molecule has 1 aromatic rings. The van der Waals surface area contributed by atoms with Crippen molar-refractivity contribution in [2.24, 2.45) is 5.92 Å². The van der Waals surface area contributed by atoms with Gasteiger partial charge in [-0.05, 0) is 17.7 Å². The molecule has 5 heteroatoms. The summed E-state index contributed by atoms with van der Waals surface area (Å²) in [5, 5.41) is 9.70. The van der Waals surface area contributed by atoms with E-state index in [9.17, 15) is 18.3 Å². The van der Waals surface area contributed by atoms with Crippen LogP contribution in [0.25, 0.3) is 0 Å². The summed E-state index contributed by atoms with van der Waals surface area (Å²) >= 11 is 0. The van der Waals surface area contributed by atoms with E-state index in [1.807, 2.05) is 0 Å². The molecule has 88 valence electrons. The highest BCUT2D eigenvalue weighted by Gasteiger charge is 2.16. The number of sulfone groups is 1. The van der Waals surface area contributed by atoms with E-state index >= 15 is 0 Å². The molecule has 16 heavy (non-hydrogen) atoms. The molecule has 0 bridgehead atoms. The highest BCUT2D eigenvalue weighted by atomic mass is 32.2. The average molecular weight is 242 g/mol. The van der Waals surface area contributed by atoms with Crippen molar-refractivity contribution >= 4 is 16.1 Å². The monoisotopic (exact) mass is 242 g/mol. The highest BCUT2D eigenvalue weighted by molar-refractivity contribution is 7.90. The Morgan fingerprint density at radius 3 is 2.12 bits per heavy atom. The molecular formula is C11H14O4S. The molecule has 1 rings (SSSR count). The molecule has 0 aromatic heterocycles. The molecule has 0 aliphatic heterocycles. The van der Waals surface area contributed by atoms with Gasteiger partial charge in [-0.1, -0.05) is 19.1 Å². The van der Waals surface area contributed by atoms with Crippen LogP contribution in [0.3, 0.4) is 0 Å². The second-order valence-corrected chi connectivity index (χ2v) is 5.80. The fourth-order valence-electron chi connectivity index (χ4n) is 1.29. The van der Waals surface area contributed by atoms with Gasteiger partial charge in [-0.3, -0.25) is 0 Å². The van der Waals surface area contributed by atoms with E-state index in [1.54, 1.807) is 6.92 Å². The van der Waals surface area contributed by atoms with Crippen molar-refractivity contribution in [3.8, 4) is 0 Å². The SMILES string of the molecule is CC(C=O)C(O)c1ccc(S(C)(=O)=O)cc1. The minimum absolute atomic E-state index is 0.196. The summed E-state index contributed by atoms with van der Waals surface area (Å²) in [7, 11) is -3.22. The van der Waals surface area contributed by atoms with Crippen LogP contribution in [0.2, 0.25) is 0 Å². The molecular weight excluding hydrogens is 228 g/mol. The van der Waals surface area contributed by atoms with Gasteiger partial charge >= 0.3 is 0 Å². The van der Waals surface area contributed by atoms with Crippen molar-refractivity contribution in [1.82, 2.24) is 0 Å². The molecule has 0 aliphatic carbocycles. The van der Waals surface area contributed by atoms with Crippen LogP contribution < -0.4 is 0 Å². The fourth-order valence-corrected chi connectivity index (χ4v) is 1.92. The minimum atomic E-state index is -3.22. The van der Waals surface area contributed by atoms with Gasteiger partial charge in [0, 0.05) is 12.2 Å². The van der Waals surface area contributed by atoms with E-state index in [-0.39, 0.29) is 4.90 Å². The van der Waals surface area contributed by atoms with Gasteiger partial charge in [0.15, 0.2) is 9.84 Å². The molecule has 0 saturated carbocycles. The lowest BCUT2D eigenvalue weighted by Gasteiger charge is -2.13. The first-order valence-corrected chi connectivity index (χ1v) is 6.69. The minimum Gasteiger partial charge on any atom is -0.388 e. The maximum Gasteiger partial charge on any atom is 0.175 e. The van der Waals surface area contributed by atoms with Crippen molar-refractivity contribution in [1.29, 1.82) is 0 Å². The van der Waals surface area contributed by atoms with Crippen molar-refractivity contribution < 1.29 is 18.3 Å². The molecule has 1 N–H and O–H groups in total. The van der Waals surface area contributed by atoms with E-state index in [0.717, 1.165) is 6.26 Å². The zero-order valence-electron chi connectivity index (χ0n) is 9.12. The van der Waals surface area contributed by atoms with E-state index in [0.29, 0.717) is 11.8 Å². The Bertz CT molecular complexity index is 461. The Morgan fingerprint density at radius 2 is 1.75 bits per heavy atom. The Balaban J connectivity index is 3.00. The summed E-state index contributed by atoms with van der Waals surface area (Å²) in [6.45, 7) is 1.60. The first-order chi connectivity index (χ1) is 7.36. The van der Waals surface area contributed by atoms with Crippen molar-refractivity contribution in [3.05, 3.63) is 29.8 Å². The van der Waals surface area contributed by atoms with Gasteiger partial charge in [0.2, 0.25) is 0 Å². The number of hydrogen-bond acceptors (Lipinski definition) is 4. The normalized spacial score (nSPS) is 15.4. The summed E-state index contributed by atoms with van der Waals surface area (Å²) in [4.78, 5) is 10.7. The van der Waals surface area contributed by atoms with E-state index in [1.165, 1.54) is 24.3 Å². The van der Waals surface area contributed by atoms with Crippen molar-refractivity contribution in [2.75, 3.05) is 6.26 Å². The predicted octanol–water partition coefficient (Wildman–Crippen LogP) is 0.959. The molecule has 4 nitrogen and oxygen atoms in total. The summed E-state index contributed by atoms with van der Waals surface area (Å²) in [6.07, 6.45) is 0.882. The number of benzene rings is 1. The van der Waals surface area contributed by atoms with Crippen molar-refractivity contribution in [2.45, 2.75) is 17.9 Å². The lowest BCUT2D eigenvalue weighted by atomic mass is 9.99. The van der Waals surface area contributed by atoms with E-state index in [2.05, 4.69) is 0 Å². The van der Waals surface area contributed by atoms with Crippen LogP contribution in [0.1, 0.15) is 18.6 Å². The molecule has 0 saturated heterocycles. The highest BCUT2D eigenvalue weighted by Crippen LogP contribution is 2.21. The molecule has 0 aliphatic rings. The van der Waals surface area contributed by atoms with Gasteiger partial charge in [-0.25, -0.2) is 8.42 Å². The lowest BCUT2D eigenvalue weighted by molar-refractivity contribution is -0.113. The third-order valence-corrected chi connectivity index (χ3v) is 3.49. The second kappa shape index (κ2) is 4.76. The third-order valence-electron chi connectivity index (χ3n) is 2.36.